The maximum atomic E-state index is 12.8. The second kappa shape index (κ2) is 7.72. The molecule has 2 aromatic rings. The summed E-state index contributed by atoms with van der Waals surface area (Å²) in [7, 11) is 0. The van der Waals surface area contributed by atoms with E-state index < -0.39 is 5.92 Å². The van der Waals surface area contributed by atoms with E-state index >= 15 is 0 Å². The van der Waals surface area contributed by atoms with Crippen LogP contribution in [0.25, 0.3) is 0 Å². The number of nitrogens with zero attached hydrogens (tertiary/aromatic N) is 1. The lowest BCUT2D eigenvalue weighted by molar-refractivity contribution is -0.122. The molecule has 0 bridgehead atoms. The molecule has 0 aromatic heterocycles. The molecule has 1 fully saturated rings. The Bertz CT molecular complexity index is 913. The van der Waals surface area contributed by atoms with E-state index in [1.165, 1.54) is 0 Å². The average molecular weight is 401 g/mol. The Labute approximate surface area is 168 Å². The molecule has 2 aliphatic heterocycles. The van der Waals surface area contributed by atoms with Gasteiger partial charge in [-0.25, -0.2) is 0 Å². The van der Waals surface area contributed by atoms with Gasteiger partial charge in [0.1, 0.15) is 0 Å². The van der Waals surface area contributed by atoms with Crippen LogP contribution in [0.15, 0.2) is 36.4 Å². The first-order valence-corrected chi connectivity index (χ1v) is 9.66. The van der Waals surface area contributed by atoms with Crippen LogP contribution in [0.4, 0.5) is 11.4 Å². The number of amides is 2. The minimum absolute atomic E-state index is 0.0613. The van der Waals surface area contributed by atoms with Gasteiger partial charge in [0, 0.05) is 37.2 Å². The van der Waals surface area contributed by atoms with E-state index in [4.69, 9.17) is 21.1 Å². The Morgan fingerprint density at radius 3 is 2.54 bits per heavy atom. The fraction of sp³-hybridized carbons (Fsp3) is 0.333. The van der Waals surface area contributed by atoms with Gasteiger partial charge in [0.2, 0.25) is 11.8 Å². The molecule has 1 N–H and O–H groups in total. The molecule has 6 nitrogen and oxygen atoms in total. The van der Waals surface area contributed by atoms with Gasteiger partial charge in [-0.15, -0.1) is 0 Å². The maximum Gasteiger partial charge on any atom is 0.229 e. The van der Waals surface area contributed by atoms with Gasteiger partial charge in [0.05, 0.1) is 29.8 Å². The van der Waals surface area contributed by atoms with E-state index in [1.54, 1.807) is 17.0 Å². The van der Waals surface area contributed by atoms with Crippen LogP contribution in [-0.2, 0) is 9.59 Å². The Morgan fingerprint density at radius 2 is 1.82 bits per heavy atom. The van der Waals surface area contributed by atoms with E-state index in [-0.39, 0.29) is 18.2 Å². The summed E-state index contributed by atoms with van der Waals surface area (Å²) in [6.07, 6.45) is 0.953. The first-order valence-electron chi connectivity index (χ1n) is 9.28. The molecule has 1 atom stereocenters. The Morgan fingerprint density at radius 1 is 1.14 bits per heavy atom. The molecular weight excluding hydrogens is 380 g/mol. The zero-order valence-electron chi connectivity index (χ0n) is 15.5. The van der Waals surface area contributed by atoms with Gasteiger partial charge < -0.3 is 19.7 Å². The number of anilines is 2. The van der Waals surface area contributed by atoms with E-state index in [2.05, 4.69) is 5.32 Å². The molecule has 1 saturated heterocycles. The second-order valence-corrected chi connectivity index (χ2v) is 7.47. The van der Waals surface area contributed by atoms with Crippen LogP contribution in [0.5, 0.6) is 11.5 Å². The van der Waals surface area contributed by atoms with Crippen LogP contribution in [-0.4, -0.2) is 31.6 Å². The summed E-state index contributed by atoms with van der Waals surface area (Å²) in [4.78, 5) is 26.8. The number of nitrogens with one attached hydrogen (secondary N) is 1. The zero-order chi connectivity index (χ0) is 19.7. The molecule has 4 rings (SSSR count). The first-order chi connectivity index (χ1) is 13.5. The Hall–Kier alpha value is -2.73. The number of aryl methyl sites for hydroxylation is 1. The fourth-order valence-electron chi connectivity index (χ4n) is 3.37. The summed E-state index contributed by atoms with van der Waals surface area (Å²) >= 11 is 6.31. The molecule has 1 unspecified atom stereocenters. The first kappa shape index (κ1) is 18.6. The molecule has 2 aliphatic rings. The van der Waals surface area contributed by atoms with Gasteiger partial charge in [-0.2, -0.15) is 0 Å². The molecule has 0 aliphatic carbocycles. The van der Waals surface area contributed by atoms with Gasteiger partial charge in [-0.1, -0.05) is 29.3 Å². The minimum Gasteiger partial charge on any atom is -0.490 e. The highest BCUT2D eigenvalue weighted by Crippen LogP contribution is 2.38. The normalized spacial score (nSPS) is 18.7. The Kier molecular flexibility index (Phi) is 5.13. The lowest BCUT2D eigenvalue weighted by atomic mass is 10.1. The van der Waals surface area contributed by atoms with Crippen molar-refractivity contribution < 1.29 is 19.1 Å². The zero-order valence-corrected chi connectivity index (χ0v) is 16.3. The highest BCUT2D eigenvalue weighted by molar-refractivity contribution is 6.34. The summed E-state index contributed by atoms with van der Waals surface area (Å²) in [5.41, 5.74) is 2.38. The van der Waals surface area contributed by atoms with E-state index in [0.717, 1.165) is 17.7 Å². The van der Waals surface area contributed by atoms with E-state index in [9.17, 15) is 9.59 Å². The highest BCUT2D eigenvalue weighted by Gasteiger charge is 2.35. The predicted octanol–water partition coefficient (Wildman–Crippen LogP) is 3.80. The van der Waals surface area contributed by atoms with Crippen molar-refractivity contribution >= 4 is 34.8 Å². The lowest BCUT2D eigenvalue weighted by Gasteiger charge is -2.17. The molecular formula is C21H21ClN2O4. The third-order valence-corrected chi connectivity index (χ3v) is 5.25. The van der Waals surface area contributed by atoms with Crippen LogP contribution in [0.3, 0.4) is 0 Å². The third-order valence-electron chi connectivity index (χ3n) is 4.94. The predicted molar refractivity (Wildman–Crippen MR) is 107 cm³/mol. The molecule has 2 heterocycles. The minimum atomic E-state index is -0.444. The molecule has 0 radical (unpaired) electrons. The number of rotatable bonds is 3. The summed E-state index contributed by atoms with van der Waals surface area (Å²) in [5, 5.41) is 3.21. The van der Waals surface area contributed by atoms with Crippen LogP contribution < -0.4 is 19.7 Å². The third kappa shape index (κ3) is 3.78. The quantitative estimate of drug-likeness (QED) is 0.850. The van der Waals surface area contributed by atoms with Gasteiger partial charge >= 0.3 is 0 Å². The summed E-state index contributed by atoms with van der Waals surface area (Å²) in [6, 6.07) is 11.0. The van der Waals surface area contributed by atoms with Crippen molar-refractivity contribution in [3.05, 3.63) is 47.0 Å². The fourth-order valence-corrected chi connectivity index (χ4v) is 3.57. The number of halogens is 1. The number of ether oxygens (including phenoxy) is 2. The van der Waals surface area contributed by atoms with Crippen molar-refractivity contribution in [2.24, 2.45) is 5.92 Å². The largest absolute Gasteiger partial charge is 0.490 e. The lowest BCUT2D eigenvalue weighted by Crippen LogP contribution is -2.28. The number of carbonyl (C=O) groups is 2. The smallest absolute Gasteiger partial charge is 0.229 e. The van der Waals surface area contributed by atoms with Gasteiger partial charge in [-0.3, -0.25) is 9.59 Å². The number of benzene rings is 2. The summed E-state index contributed by atoms with van der Waals surface area (Å²) in [5.74, 6) is 0.386. The topological polar surface area (TPSA) is 67.9 Å². The van der Waals surface area contributed by atoms with Crippen molar-refractivity contribution in [1.82, 2.24) is 0 Å². The molecule has 2 amide bonds. The maximum absolute atomic E-state index is 12.8. The summed E-state index contributed by atoms with van der Waals surface area (Å²) in [6.45, 7) is 3.44. The SMILES string of the molecule is Cc1ccc(N2CC(C(=O)Nc3cc4c(cc3Cl)OCCCO4)CC2=O)cc1. The molecule has 7 heteroatoms. The summed E-state index contributed by atoms with van der Waals surface area (Å²) < 4.78 is 11.3. The van der Waals surface area contributed by atoms with Crippen molar-refractivity contribution in [2.75, 3.05) is 30.0 Å². The molecule has 0 spiro atoms. The second-order valence-electron chi connectivity index (χ2n) is 7.06. The number of hydrogen-bond acceptors (Lipinski definition) is 4. The van der Waals surface area contributed by atoms with Crippen molar-refractivity contribution in [3.63, 3.8) is 0 Å². The van der Waals surface area contributed by atoms with Gasteiger partial charge in [-0.05, 0) is 19.1 Å². The van der Waals surface area contributed by atoms with Crippen molar-refractivity contribution in [2.45, 2.75) is 19.8 Å². The Balaban J connectivity index is 1.48. The standard InChI is InChI=1S/C21H21ClN2O4/c1-13-3-5-15(6-4-13)24-12-14(9-20(24)25)21(26)23-17-11-19-18(10-16(17)22)27-7-2-8-28-19/h3-6,10-11,14H,2,7-9,12H2,1H3,(H,23,26). The monoisotopic (exact) mass is 400 g/mol. The van der Waals surface area contributed by atoms with Gasteiger partial charge in [0.25, 0.3) is 0 Å². The molecule has 146 valence electrons. The van der Waals surface area contributed by atoms with E-state index in [0.29, 0.717) is 42.0 Å². The molecule has 0 saturated carbocycles. The molecule has 28 heavy (non-hydrogen) atoms. The number of hydrogen-bond donors (Lipinski definition) is 1. The van der Waals surface area contributed by atoms with Crippen LogP contribution >= 0.6 is 11.6 Å². The van der Waals surface area contributed by atoms with Crippen LogP contribution in [0.2, 0.25) is 5.02 Å². The van der Waals surface area contributed by atoms with Crippen LogP contribution in [0, 0.1) is 12.8 Å². The average Bonchev–Trinajstić information content (AvgIpc) is 2.92. The van der Waals surface area contributed by atoms with Gasteiger partial charge in [0.15, 0.2) is 11.5 Å². The number of fused-ring (bicyclic) bond motifs is 1. The highest BCUT2D eigenvalue weighted by atomic mass is 35.5. The van der Waals surface area contributed by atoms with E-state index in [1.807, 2.05) is 31.2 Å². The van der Waals surface area contributed by atoms with Crippen molar-refractivity contribution in [3.8, 4) is 11.5 Å². The van der Waals surface area contributed by atoms with Crippen LogP contribution in [0.1, 0.15) is 18.4 Å². The number of carbonyl (C=O) groups excluding carboxylic acids is 2. The molecule has 2 aromatic carbocycles. The van der Waals surface area contributed by atoms with Crippen molar-refractivity contribution in [1.29, 1.82) is 0 Å².